The number of aromatic amines is 2. The lowest BCUT2D eigenvalue weighted by Crippen LogP contribution is -2.66. The van der Waals surface area contributed by atoms with Gasteiger partial charge in [0, 0.05) is 44.4 Å². The molecule has 0 unspecified atom stereocenters. The fraction of sp³-hybridized carbons (Fsp3) is 0.565. The average Bonchev–Trinajstić information content (AvgIpc) is 3.21. The second kappa shape index (κ2) is 8.32. The van der Waals surface area contributed by atoms with Gasteiger partial charge in [0.05, 0.1) is 0 Å². The molecule has 0 spiro atoms. The van der Waals surface area contributed by atoms with Gasteiger partial charge in [-0.1, -0.05) is 30.3 Å². The topological polar surface area (TPSA) is 102 Å². The summed E-state index contributed by atoms with van der Waals surface area (Å²) < 4.78 is 0. The van der Waals surface area contributed by atoms with E-state index in [9.17, 15) is 14.4 Å². The van der Waals surface area contributed by atoms with Crippen LogP contribution in [0.25, 0.3) is 0 Å². The van der Waals surface area contributed by atoms with Crippen molar-refractivity contribution in [3.8, 4) is 0 Å². The van der Waals surface area contributed by atoms with Crippen molar-refractivity contribution in [3.05, 3.63) is 52.2 Å². The predicted molar refractivity (Wildman–Crippen MR) is 114 cm³/mol. The molecule has 0 radical (unpaired) electrons. The molecule has 3 saturated heterocycles. The SMILES string of the molecule is O=C(CCc1n[nH]c(=O)[nH]1)N1C[C@H]2C[C@@H](C1)[C@H](Cc1ccccc1)N1C(=O)CCC[C@@H]21. The fourth-order valence-electron chi connectivity index (χ4n) is 5.90. The van der Waals surface area contributed by atoms with Crippen LogP contribution < -0.4 is 5.69 Å². The molecular weight excluding hydrogens is 394 g/mol. The molecule has 2 bridgehead atoms. The maximum atomic E-state index is 13.0. The molecular formula is C23H29N5O3. The summed E-state index contributed by atoms with van der Waals surface area (Å²) in [6.45, 7) is 1.42. The lowest BCUT2D eigenvalue weighted by molar-refractivity contribution is -0.156. The lowest BCUT2D eigenvalue weighted by atomic mass is 9.70. The third-order valence-corrected chi connectivity index (χ3v) is 7.26. The second-order valence-corrected chi connectivity index (χ2v) is 9.20. The lowest BCUT2D eigenvalue weighted by Gasteiger charge is -2.56. The van der Waals surface area contributed by atoms with Crippen LogP contribution in [0.2, 0.25) is 0 Å². The van der Waals surface area contributed by atoms with Crippen LogP contribution in [0.5, 0.6) is 0 Å². The number of H-pyrrole nitrogens is 2. The summed E-state index contributed by atoms with van der Waals surface area (Å²) in [5.74, 6) is 1.55. The summed E-state index contributed by atoms with van der Waals surface area (Å²) in [6.07, 6.45) is 5.30. The first-order chi connectivity index (χ1) is 15.1. The molecule has 2 aromatic rings. The highest BCUT2D eigenvalue weighted by Crippen LogP contribution is 2.42. The maximum absolute atomic E-state index is 13.0. The van der Waals surface area contributed by atoms with Gasteiger partial charge in [-0.05, 0) is 43.1 Å². The molecule has 31 heavy (non-hydrogen) atoms. The first-order valence-corrected chi connectivity index (χ1v) is 11.3. The number of hydrogen-bond donors (Lipinski definition) is 2. The Morgan fingerprint density at radius 3 is 2.71 bits per heavy atom. The minimum absolute atomic E-state index is 0.104. The van der Waals surface area contributed by atoms with Crippen LogP contribution in [0.4, 0.5) is 0 Å². The van der Waals surface area contributed by atoms with E-state index in [-0.39, 0.29) is 29.6 Å². The molecule has 1 aromatic heterocycles. The zero-order valence-electron chi connectivity index (χ0n) is 17.6. The van der Waals surface area contributed by atoms with Crippen LogP contribution in [-0.4, -0.2) is 62.0 Å². The molecule has 4 atom stereocenters. The number of aromatic nitrogens is 3. The number of amides is 2. The molecule has 2 N–H and O–H groups in total. The van der Waals surface area contributed by atoms with E-state index in [2.05, 4.69) is 32.2 Å². The van der Waals surface area contributed by atoms with Gasteiger partial charge in [0.1, 0.15) is 5.82 Å². The van der Waals surface area contributed by atoms with E-state index in [1.807, 2.05) is 23.1 Å². The van der Waals surface area contributed by atoms with Crippen LogP contribution >= 0.6 is 0 Å². The Kier molecular flexibility index (Phi) is 5.38. The molecule has 0 aliphatic carbocycles. The van der Waals surface area contributed by atoms with Gasteiger partial charge in [0.15, 0.2) is 0 Å². The molecule has 2 amide bonds. The first kappa shape index (κ1) is 20.0. The molecule has 4 heterocycles. The Labute approximate surface area is 181 Å². The zero-order chi connectivity index (χ0) is 21.4. The molecule has 3 aliphatic rings. The van der Waals surface area contributed by atoms with Gasteiger partial charge >= 0.3 is 5.69 Å². The fourth-order valence-corrected chi connectivity index (χ4v) is 5.90. The molecule has 3 aliphatic heterocycles. The molecule has 8 heteroatoms. The number of likely N-dealkylation sites (tertiary alicyclic amines) is 1. The summed E-state index contributed by atoms with van der Waals surface area (Å²) in [5, 5.41) is 6.25. The number of hydrogen-bond acceptors (Lipinski definition) is 4. The van der Waals surface area contributed by atoms with Crippen molar-refractivity contribution in [1.29, 1.82) is 0 Å². The van der Waals surface area contributed by atoms with Gasteiger partial charge in [0.25, 0.3) is 0 Å². The number of benzene rings is 1. The van der Waals surface area contributed by atoms with Gasteiger partial charge in [-0.15, -0.1) is 0 Å². The van der Waals surface area contributed by atoms with E-state index in [0.29, 0.717) is 43.5 Å². The van der Waals surface area contributed by atoms with E-state index < -0.39 is 0 Å². The molecule has 5 rings (SSSR count). The van der Waals surface area contributed by atoms with Crippen molar-refractivity contribution >= 4 is 11.8 Å². The monoisotopic (exact) mass is 423 g/mol. The predicted octanol–water partition coefficient (Wildman–Crippen LogP) is 1.50. The van der Waals surface area contributed by atoms with Crippen LogP contribution in [0.1, 0.15) is 43.5 Å². The largest absolute Gasteiger partial charge is 0.342 e. The third kappa shape index (κ3) is 4.03. The summed E-state index contributed by atoms with van der Waals surface area (Å²) in [4.78, 5) is 44.0. The summed E-state index contributed by atoms with van der Waals surface area (Å²) in [5.41, 5.74) is 0.898. The van der Waals surface area contributed by atoms with Crippen molar-refractivity contribution in [2.45, 2.75) is 57.0 Å². The molecule has 3 fully saturated rings. The molecule has 8 nitrogen and oxygen atoms in total. The number of piperidine rings is 3. The van der Waals surface area contributed by atoms with Crippen molar-refractivity contribution in [3.63, 3.8) is 0 Å². The Morgan fingerprint density at radius 1 is 1.13 bits per heavy atom. The summed E-state index contributed by atoms with van der Waals surface area (Å²) in [6, 6.07) is 10.8. The van der Waals surface area contributed by atoms with Crippen LogP contribution in [-0.2, 0) is 22.4 Å². The standard InChI is InChI=1S/C23H29N5O3/c29-21(10-9-20-24-23(31)26-25-20)27-13-16-12-17(14-27)19(11-15-5-2-1-3-6-15)28-18(16)7-4-8-22(28)30/h1-3,5-6,16-19H,4,7-14H2,(H2,24,25,26,31)/t16-,17+,18+,19+/m1/s1. The van der Waals surface area contributed by atoms with E-state index in [4.69, 9.17) is 0 Å². The van der Waals surface area contributed by atoms with Crippen molar-refractivity contribution in [1.82, 2.24) is 25.0 Å². The van der Waals surface area contributed by atoms with Crippen molar-refractivity contribution in [2.24, 2.45) is 11.8 Å². The number of carbonyl (C=O) groups excluding carboxylic acids is 2. The Bertz CT molecular complexity index is 1000. The van der Waals surface area contributed by atoms with Crippen LogP contribution in [0.3, 0.4) is 0 Å². The van der Waals surface area contributed by atoms with E-state index >= 15 is 0 Å². The van der Waals surface area contributed by atoms with Crippen LogP contribution in [0, 0.1) is 11.8 Å². The minimum Gasteiger partial charge on any atom is -0.342 e. The number of aryl methyl sites for hydroxylation is 1. The second-order valence-electron chi connectivity index (χ2n) is 9.20. The Hall–Kier alpha value is -2.90. The van der Waals surface area contributed by atoms with Gasteiger partial charge < -0.3 is 9.80 Å². The smallest absolute Gasteiger partial charge is 0.340 e. The Morgan fingerprint density at radius 2 is 1.94 bits per heavy atom. The quantitative estimate of drug-likeness (QED) is 0.761. The van der Waals surface area contributed by atoms with Gasteiger partial charge in [0.2, 0.25) is 11.8 Å². The highest BCUT2D eigenvalue weighted by Gasteiger charge is 2.49. The highest BCUT2D eigenvalue weighted by molar-refractivity contribution is 5.79. The maximum Gasteiger partial charge on any atom is 0.340 e. The minimum atomic E-state index is -0.347. The van der Waals surface area contributed by atoms with E-state index in [1.54, 1.807) is 0 Å². The molecule has 164 valence electrons. The van der Waals surface area contributed by atoms with Crippen LogP contribution in [0.15, 0.2) is 35.1 Å². The number of nitrogens with zero attached hydrogens (tertiary/aromatic N) is 3. The van der Waals surface area contributed by atoms with Gasteiger partial charge in [-0.25, -0.2) is 9.89 Å². The summed E-state index contributed by atoms with van der Waals surface area (Å²) in [7, 11) is 0. The third-order valence-electron chi connectivity index (χ3n) is 7.26. The molecule has 1 aromatic carbocycles. The molecule has 0 saturated carbocycles. The highest BCUT2D eigenvalue weighted by atomic mass is 16.2. The zero-order valence-corrected chi connectivity index (χ0v) is 17.6. The number of nitrogens with one attached hydrogen (secondary N) is 2. The normalized spacial score (nSPS) is 27.8. The van der Waals surface area contributed by atoms with E-state index in [0.717, 1.165) is 32.2 Å². The van der Waals surface area contributed by atoms with Crippen molar-refractivity contribution < 1.29 is 9.59 Å². The van der Waals surface area contributed by atoms with Gasteiger partial charge in [-0.2, -0.15) is 5.10 Å². The average molecular weight is 424 g/mol. The van der Waals surface area contributed by atoms with E-state index in [1.165, 1.54) is 5.56 Å². The number of fused-ring (bicyclic) bond motifs is 4. The van der Waals surface area contributed by atoms with Crippen molar-refractivity contribution in [2.75, 3.05) is 13.1 Å². The Balaban J connectivity index is 1.34. The van der Waals surface area contributed by atoms with Gasteiger partial charge in [-0.3, -0.25) is 14.6 Å². The first-order valence-electron chi connectivity index (χ1n) is 11.3. The number of rotatable bonds is 5. The summed E-state index contributed by atoms with van der Waals surface area (Å²) >= 11 is 0. The number of carbonyl (C=O) groups is 2.